The van der Waals surface area contributed by atoms with E-state index in [2.05, 4.69) is 51.1 Å². The minimum atomic E-state index is -0.712. The summed E-state index contributed by atoms with van der Waals surface area (Å²) in [5.74, 6) is 1.19. The number of benzene rings is 1. The topological polar surface area (TPSA) is 37.3 Å². The van der Waals surface area contributed by atoms with Gasteiger partial charge in [-0.05, 0) is 92.4 Å². The van der Waals surface area contributed by atoms with Gasteiger partial charge in [0.2, 0.25) is 0 Å². The Kier molecular flexibility index (Phi) is 8.73. The Labute approximate surface area is 213 Å². The molecule has 0 amide bonds. The van der Waals surface area contributed by atoms with E-state index >= 15 is 0 Å². The molecule has 2 fully saturated rings. The van der Waals surface area contributed by atoms with Crippen LogP contribution in [-0.4, -0.2) is 10.9 Å². The van der Waals surface area contributed by atoms with E-state index in [1.807, 2.05) is 0 Å². The normalized spacial score (nSPS) is 19.5. The molecule has 0 aromatic heterocycles. The minimum absolute atomic E-state index is 0.265. The van der Waals surface area contributed by atoms with E-state index in [1.54, 1.807) is 0 Å². The van der Waals surface area contributed by atoms with Crippen LogP contribution in [-0.2, 0) is 11.2 Å². The van der Waals surface area contributed by atoms with Crippen molar-refractivity contribution in [3.05, 3.63) is 69.5 Å². The number of unbranched alkanes of at least 4 members (excludes halogenated alkanes) is 3. The molecule has 0 heterocycles. The van der Waals surface area contributed by atoms with Crippen LogP contribution >= 0.6 is 0 Å². The molecule has 4 rings (SSSR count). The van der Waals surface area contributed by atoms with Gasteiger partial charge in [0, 0.05) is 5.57 Å². The minimum Gasteiger partial charge on any atom is -0.511 e. The van der Waals surface area contributed by atoms with Gasteiger partial charge < -0.3 is 5.11 Å². The summed E-state index contributed by atoms with van der Waals surface area (Å²) >= 11 is 0. The number of aliphatic hydroxyl groups excluding tert-OH is 1. The average Bonchev–Trinajstić information content (AvgIpc) is 3.79. The van der Waals surface area contributed by atoms with E-state index in [-0.39, 0.29) is 5.78 Å². The van der Waals surface area contributed by atoms with E-state index in [1.165, 1.54) is 22.3 Å². The largest absolute Gasteiger partial charge is 0.511 e. The van der Waals surface area contributed by atoms with E-state index in [4.69, 9.17) is 0 Å². The molecular formula is C33H46O2. The predicted octanol–water partition coefficient (Wildman–Crippen LogP) is 9.37. The third-order valence-corrected chi connectivity index (χ3v) is 8.41. The van der Waals surface area contributed by atoms with Crippen LogP contribution in [0.15, 0.2) is 64.0 Å². The van der Waals surface area contributed by atoms with Gasteiger partial charge in [0.25, 0.3) is 0 Å². The Morgan fingerprint density at radius 2 is 1.54 bits per heavy atom. The van der Waals surface area contributed by atoms with E-state index in [0.717, 1.165) is 107 Å². The Morgan fingerprint density at radius 1 is 0.914 bits per heavy atom. The summed E-state index contributed by atoms with van der Waals surface area (Å²) in [6, 6.07) is 10.7. The first kappa shape index (κ1) is 26.0. The third-order valence-electron chi connectivity index (χ3n) is 8.41. The van der Waals surface area contributed by atoms with Gasteiger partial charge >= 0.3 is 0 Å². The molecule has 0 atom stereocenters. The van der Waals surface area contributed by atoms with Crippen molar-refractivity contribution in [2.45, 2.75) is 117 Å². The first-order chi connectivity index (χ1) is 17.1. The molecule has 0 aliphatic heterocycles. The number of carbonyl (C=O) groups excluding carboxylic acids is 1. The molecule has 2 heteroatoms. The fraction of sp³-hybridized carbons (Fsp3) is 0.606. The lowest BCUT2D eigenvalue weighted by Gasteiger charge is -2.40. The zero-order valence-corrected chi connectivity index (χ0v) is 22.4. The molecule has 0 radical (unpaired) electrons. The SMILES string of the molecule is CCCCC1=C(O)C(CCCC)(CCCC)C(=O)C(C(CCc2ccccc2)=C2CC2)=C1C1CC1. The summed E-state index contributed by atoms with van der Waals surface area (Å²) < 4.78 is 0. The van der Waals surface area contributed by atoms with Gasteiger partial charge in [-0.15, -0.1) is 0 Å². The van der Waals surface area contributed by atoms with Gasteiger partial charge in [-0.2, -0.15) is 0 Å². The second-order valence-electron chi connectivity index (χ2n) is 11.2. The summed E-state index contributed by atoms with van der Waals surface area (Å²) in [6.45, 7) is 6.62. The van der Waals surface area contributed by atoms with E-state index in [9.17, 15) is 9.90 Å². The van der Waals surface area contributed by atoms with Gasteiger partial charge in [0.15, 0.2) is 5.78 Å². The number of rotatable bonds is 14. The van der Waals surface area contributed by atoms with Gasteiger partial charge in [0.05, 0.1) is 5.41 Å². The number of allylic oxidation sites excluding steroid dienone is 6. The maximum Gasteiger partial charge on any atom is 0.177 e. The van der Waals surface area contributed by atoms with Crippen LogP contribution in [0.1, 0.15) is 116 Å². The second-order valence-corrected chi connectivity index (χ2v) is 11.2. The molecule has 2 saturated carbocycles. The van der Waals surface area contributed by atoms with Gasteiger partial charge in [-0.3, -0.25) is 4.79 Å². The molecule has 2 nitrogen and oxygen atoms in total. The number of carbonyl (C=O) groups is 1. The smallest absolute Gasteiger partial charge is 0.177 e. The quantitative estimate of drug-likeness (QED) is 0.291. The molecule has 1 N–H and O–H groups in total. The maximum atomic E-state index is 14.7. The number of ketones is 1. The monoisotopic (exact) mass is 474 g/mol. The molecule has 1 aromatic rings. The zero-order chi connectivity index (χ0) is 24.8. The fourth-order valence-electron chi connectivity index (χ4n) is 6.07. The van der Waals surface area contributed by atoms with E-state index in [0.29, 0.717) is 11.7 Å². The summed E-state index contributed by atoms with van der Waals surface area (Å²) in [4.78, 5) is 14.7. The molecule has 190 valence electrons. The summed E-state index contributed by atoms with van der Waals surface area (Å²) in [5, 5.41) is 11.9. The van der Waals surface area contributed by atoms with Crippen LogP contribution in [0.2, 0.25) is 0 Å². The standard InChI is InChI=1S/C33H46O2/c1-4-7-15-28-29(26-19-20-26)30(27(25-17-18-25)21-16-24-13-11-10-12-14-24)32(35)33(31(28)34,22-8-5-2)23-9-6-3/h10-14,26,34H,4-9,15-23H2,1-3H3. The van der Waals surface area contributed by atoms with Crippen molar-refractivity contribution in [2.24, 2.45) is 11.3 Å². The molecule has 1 aromatic carbocycles. The van der Waals surface area contributed by atoms with Crippen molar-refractivity contribution < 1.29 is 9.90 Å². The molecular weight excluding hydrogens is 428 g/mol. The number of aliphatic hydroxyl groups is 1. The summed E-state index contributed by atoms with van der Waals surface area (Å²) in [7, 11) is 0. The van der Waals surface area contributed by atoms with Crippen LogP contribution < -0.4 is 0 Å². The predicted molar refractivity (Wildman–Crippen MR) is 146 cm³/mol. The molecule has 3 aliphatic carbocycles. The lowest BCUT2D eigenvalue weighted by atomic mass is 9.63. The fourth-order valence-corrected chi connectivity index (χ4v) is 6.07. The molecule has 3 aliphatic rings. The van der Waals surface area contributed by atoms with Crippen LogP contribution in [0, 0.1) is 11.3 Å². The first-order valence-electron chi connectivity index (χ1n) is 14.5. The number of hydrogen-bond donors (Lipinski definition) is 1. The highest BCUT2D eigenvalue weighted by Gasteiger charge is 2.51. The summed E-state index contributed by atoms with van der Waals surface area (Å²) in [6.07, 6.45) is 15.2. The molecule has 35 heavy (non-hydrogen) atoms. The van der Waals surface area contributed by atoms with Crippen LogP contribution in [0.25, 0.3) is 0 Å². The molecule has 0 unspecified atom stereocenters. The molecule has 0 saturated heterocycles. The van der Waals surface area contributed by atoms with Gasteiger partial charge in [0.1, 0.15) is 5.76 Å². The zero-order valence-electron chi connectivity index (χ0n) is 22.4. The maximum absolute atomic E-state index is 14.7. The van der Waals surface area contributed by atoms with Gasteiger partial charge in [-0.25, -0.2) is 0 Å². The molecule has 0 bridgehead atoms. The van der Waals surface area contributed by atoms with Gasteiger partial charge in [-0.1, -0.05) is 88.8 Å². The Morgan fingerprint density at radius 3 is 2.09 bits per heavy atom. The lowest BCUT2D eigenvalue weighted by Crippen LogP contribution is -2.40. The Hall–Kier alpha value is -2.09. The van der Waals surface area contributed by atoms with Crippen molar-refractivity contribution in [1.29, 1.82) is 0 Å². The first-order valence-corrected chi connectivity index (χ1v) is 14.5. The van der Waals surface area contributed by atoms with Crippen molar-refractivity contribution in [3.8, 4) is 0 Å². The lowest BCUT2D eigenvalue weighted by molar-refractivity contribution is -0.125. The number of Topliss-reactive ketones (excluding diaryl/α,β-unsaturated/α-hetero) is 1. The van der Waals surface area contributed by atoms with Crippen LogP contribution in [0.5, 0.6) is 0 Å². The highest BCUT2D eigenvalue weighted by atomic mass is 16.3. The van der Waals surface area contributed by atoms with Crippen molar-refractivity contribution in [3.63, 3.8) is 0 Å². The third kappa shape index (κ3) is 5.68. The highest BCUT2D eigenvalue weighted by Crippen LogP contribution is 2.56. The Balaban J connectivity index is 1.83. The van der Waals surface area contributed by atoms with Crippen LogP contribution in [0.3, 0.4) is 0 Å². The number of aryl methyl sites for hydroxylation is 1. The average molecular weight is 475 g/mol. The Bertz CT molecular complexity index is 973. The number of hydrogen-bond acceptors (Lipinski definition) is 2. The van der Waals surface area contributed by atoms with Crippen molar-refractivity contribution >= 4 is 5.78 Å². The van der Waals surface area contributed by atoms with E-state index < -0.39 is 5.41 Å². The van der Waals surface area contributed by atoms with Crippen molar-refractivity contribution in [2.75, 3.05) is 0 Å². The summed E-state index contributed by atoms with van der Waals surface area (Å²) in [5.41, 5.74) is 6.96. The highest BCUT2D eigenvalue weighted by molar-refractivity contribution is 6.08. The van der Waals surface area contributed by atoms with Crippen molar-refractivity contribution in [1.82, 2.24) is 0 Å². The second kappa shape index (κ2) is 11.8. The van der Waals surface area contributed by atoms with Crippen LogP contribution in [0.4, 0.5) is 0 Å². The molecule has 0 spiro atoms.